The van der Waals surface area contributed by atoms with Gasteiger partial charge in [0.15, 0.2) is 0 Å². The van der Waals surface area contributed by atoms with Crippen LogP contribution in [0.3, 0.4) is 0 Å². The van der Waals surface area contributed by atoms with Crippen molar-refractivity contribution < 1.29 is 9.59 Å². The largest absolute Gasteiger partial charge is 0.353 e. The van der Waals surface area contributed by atoms with Crippen molar-refractivity contribution in [3.05, 3.63) is 20.8 Å². The summed E-state index contributed by atoms with van der Waals surface area (Å²) in [6.45, 7) is 5.58. The molecule has 2 heterocycles. The number of nitrogens with one attached hydrogen (secondary N) is 2. The number of piperazine rings is 1. The van der Waals surface area contributed by atoms with E-state index in [9.17, 15) is 9.59 Å². The molecule has 0 spiro atoms. The van der Waals surface area contributed by atoms with Gasteiger partial charge >= 0.3 is 0 Å². The molecule has 0 bridgehead atoms. The molecule has 0 radical (unpaired) electrons. The van der Waals surface area contributed by atoms with Crippen LogP contribution in [0.5, 0.6) is 0 Å². The minimum atomic E-state index is -0.132. The van der Waals surface area contributed by atoms with E-state index in [4.69, 9.17) is 0 Å². The minimum absolute atomic E-state index is 0.0793. The van der Waals surface area contributed by atoms with Crippen LogP contribution >= 0.6 is 27.3 Å². The van der Waals surface area contributed by atoms with Crippen molar-refractivity contribution in [3.8, 4) is 0 Å². The summed E-state index contributed by atoms with van der Waals surface area (Å²) in [6.07, 6.45) is 0. The molecule has 0 unspecified atom stereocenters. The summed E-state index contributed by atoms with van der Waals surface area (Å²) in [4.78, 5) is 28.4. The Morgan fingerprint density at radius 1 is 1.41 bits per heavy atom. The summed E-state index contributed by atoms with van der Waals surface area (Å²) >= 11 is 4.70. The highest BCUT2D eigenvalue weighted by Gasteiger charge is 2.16. The number of likely N-dealkylation sites (N-methyl/N-ethyl adjacent to an activating group) is 1. The van der Waals surface area contributed by atoms with Crippen LogP contribution in [0.25, 0.3) is 0 Å². The number of nitrogens with zero attached hydrogens (tertiary/aromatic N) is 2. The quantitative estimate of drug-likeness (QED) is 0.748. The Kier molecular flexibility index (Phi) is 6.81. The lowest BCUT2D eigenvalue weighted by atomic mass is 10.3. The van der Waals surface area contributed by atoms with Gasteiger partial charge in [-0.3, -0.25) is 14.5 Å². The molecule has 122 valence electrons. The molecule has 1 aromatic rings. The topological polar surface area (TPSA) is 64.7 Å². The molecule has 0 saturated carbocycles. The van der Waals surface area contributed by atoms with Crippen LogP contribution in [0.4, 0.5) is 0 Å². The van der Waals surface area contributed by atoms with Gasteiger partial charge in [0.2, 0.25) is 5.91 Å². The molecule has 2 rings (SSSR count). The third-order valence-corrected chi connectivity index (χ3v) is 5.08. The predicted octanol–water partition coefficient (Wildman–Crippen LogP) is 0.604. The van der Waals surface area contributed by atoms with Gasteiger partial charge in [0.05, 0.1) is 15.2 Å². The van der Waals surface area contributed by atoms with E-state index in [-0.39, 0.29) is 18.4 Å². The fraction of sp³-hybridized carbons (Fsp3) is 0.571. The Balaban J connectivity index is 1.68. The first kappa shape index (κ1) is 17.4. The lowest BCUT2D eigenvalue weighted by Crippen LogP contribution is -2.47. The summed E-state index contributed by atoms with van der Waals surface area (Å²) in [5, 5.41) is 6.17. The van der Waals surface area contributed by atoms with Crippen LogP contribution in [-0.2, 0) is 4.79 Å². The van der Waals surface area contributed by atoms with Crippen molar-refractivity contribution in [1.29, 1.82) is 0 Å². The van der Waals surface area contributed by atoms with E-state index in [2.05, 4.69) is 31.5 Å². The van der Waals surface area contributed by atoms with Crippen LogP contribution in [0.1, 0.15) is 9.67 Å². The second kappa shape index (κ2) is 8.61. The van der Waals surface area contributed by atoms with E-state index >= 15 is 0 Å². The molecule has 0 aromatic carbocycles. The zero-order chi connectivity index (χ0) is 15.9. The zero-order valence-corrected chi connectivity index (χ0v) is 15.0. The monoisotopic (exact) mass is 388 g/mol. The summed E-state index contributed by atoms with van der Waals surface area (Å²) in [7, 11) is 1.64. The number of rotatable bonds is 6. The maximum absolute atomic E-state index is 12.1. The number of amides is 2. The molecular formula is C14H21BrN4O2S. The summed E-state index contributed by atoms with van der Waals surface area (Å²) in [5.41, 5.74) is 0. The molecule has 22 heavy (non-hydrogen) atoms. The van der Waals surface area contributed by atoms with Gasteiger partial charge in [-0.05, 0) is 28.1 Å². The Morgan fingerprint density at radius 2 is 2.14 bits per heavy atom. The summed E-state index contributed by atoms with van der Waals surface area (Å²) in [5.74, 6) is -0.255. The van der Waals surface area contributed by atoms with Gasteiger partial charge in [-0.15, -0.1) is 11.3 Å². The molecule has 8 heteroatoms. The molecule has 1 aliphatic heterocycles. The van der Waals surface area contributed by atoms with Crippen molar-refractivity contribution in [2.24, 2.45) is 0 Å². The molecule has 6 nitrogen and oxygen atoms in total. The third kappa shape index (κ3) is 5.35. The fourth-order valence-corrected chi connectivity index (χ4v) is 3.63. The lowest BCUT2D eigenvalue weighted by Gasteiger charge is -2.27. The second-order valence-corrected chi connectivity index (χ2v) is 7.67. The van der Waals surface area contributed by atoms with E-state index < -0.39 is 0 Å². The van der Waals surface area contributed by atoms with Gasteiger partial charge in [-0.25, -0.2) is 0 Å². The molecule has 2 amide bonds. The number of carbonyl (C=O) groups is 2. The average Bonchev–Trinajstić information content (AvgIpc) is 2.94. The van der Waals surface area contributed by atoms with Gasteiger partial charge in [-0.1, -0.05) is 0 Å². The smallest absolute Gasteiger partial charge is 0.264 e. The molecular weight excluding hydrogens is 368 g/mol. The highest BCUT2D eigenvalue weighted by atomic mass is 79.9. The van der Waals surface area contributed by atoms with Crippen LogP contribution < -0.4 is 10.6 Å². The van der Waals surface area contributed by atoms with Crippen molar-refractivity contribution >= 4 is 39.1 Å². The number of hydrogen-bond acceptors (Lipinski definition) is 5. The van der Waals surface area contributed by atoms with Crippen molar-refractivity contribution in [2.75, 3.05) is 52.9 Å². The summed E-state index contributed by atoms with van der Waals surface area (Å²) in [6, 6.07) is 3.59. The maximum atomic E-state index is 12.1. The van der Waals surface area contributed by atoms with Crippen LogP contribution in [0, 0.1) is 0 Å². The number of hydrogen-bond donors (Lipinski definition) is 2. The lowest BCUT2D eigenvalue weighted by molar-refractivity contribution is -0.121. The van der Waals surface area contributed by atoms with Gasteiger partial charge in [0.25, 0.3) is 5.91 Å². The number of thiophene rings is 1. The standard InChI is InChI=1S/C14H21BrN4O2S/c1-18(14(21)11-2-3-12(15)22-11)10-13(20)17-6-9-19-7-4-16-5-8-19/h2-3,16H,4-10H2,1H3,(H,17,20). The normalized spacial score (nSPS) is 15.5. The van der Waals surface area contributed by atoms with E-state index in [0.717, 1.165) is 36.5 Å². The van der Waals surface area contributed by atoms with Crippen LogP contribution in [0.2, 0.25) is 0 Å². The molecule has 0 aliphatic carbocycles. The molecule has 1 aliphatic rings. The SMILES string of the molecule is CN(CC(=O)NCCN1CCNCC1)C(=O)c1ccc(Br)s1. The molecule has 1 fully saturated rings. The Morgan fingerprint density at radius 3 is 2.77 bits per heavy atom. The Bertz CT molecular complexity index is 517. The number of carbonyl (C=O) groups excluding carboxylic acids is 2. The maximum Gasteiger partial charge on any atom is 0.264 e. The Labute approximate surface area is 143 Å². The van der Waals surface area contributed by atoms with Crippen molar-refractivity contribution in [2.45, 2.75) is 0 Å². The first-order valence-electron chi connectivity index (χ1n) is 7.27. The first-order chi connectivity index (χ1) is 10.6. The van der Waals surface area contributed by atoms with Crippen LogP contribution in [0.15, 0.2) is 15.9 Å². The van der Waals surface area contributed by atoms with Crippen LogP contribution in [-0.4, -0.2) is 74.5 Å². The highest BCUT2D eigenvalue weighted by molar-refractivity contribution is 9.11. The predicted molar refractivity (Wildman–Crippen MR) is 91.3 cm³/mol. The van der Waals surface area contributed by atoms with Gasteiger partial charge < -0.3 is 15.5 Å². The van der Waals surface area contributed by atoms with E-state index in [1.807, 2.05) is 6.07 Å². The minimum Gasteiger partial charge on any atom is -0.353 e. The zero-order valence-electron chi connectivity index (χ0n) is 12.6. The first-order valence-corrected chi connectivity index (χ1v) is 8.88. The van der Waals surface area contributed by atoms with Gasteiger partial charge in [0, 0.05) is 46.3 Å². The molecule has 0 atom stereocenters. The molecule has 1 saturated heterocycles. The fourth-order valence-electron chi connectivity index (χ4n) is 2.25. The second-order valence-electron chi connectivity index (χ2n) is 5.21. The number of halogens is 1. The van der Waals surface area contributed by atoms with Gasteiger partial charge in [-0.2, -0.15) is 0 Å². The third-order valence-electron chi connectivity index (χ3n) is 3.47. The average molecular weight is 389 g/mol. The highest BCUT2D eigenvalue weighted by Crippen LogP contribution is 2.22. The van der Waals surface area contributed by atoms with E-state index in [1.54, 1.807) is 13.1 Å². The van der Waals surface area contributed by atoms with E-state index in [1.165, 1.54) is 16.2 Å². The van der Waals surface area contributed by atoms with E-state index in [0.29, 0.717) is 11.4 Å². The van der Waals surface area contributed by atoms with Crippen molar-refractivity contribution in [1.82, 2.24) is 20.4 Å². The summed E-state index contributed by atoms with van der Waals surface area (Å²) < 4.78 is 0.907. The molecule has 1 aromatic heterocycles. The van der Waals surface area contributed by atoms with Crippen molar-refractivity contribution in [3.63, 3.8) is 0 Å². The Hall–Kier alpha value is -0.960. The van der Waals surface area contributed by atoms with Gasteiger partial charge in [0.1, 0.15) is 0 Å². The molecule has 2 N–H and O–H groups in total.